The summed E-state index contributed by atoms with van der Waals surface area (Å²) in [6.07, 6.45) is 2.60. The molecule has 1 amide bonds. The molecule has 0 spiro atoms. The third-order valence-electron chi connectivity index (χ3n) is 5.14. The van der Waals surface area contributed by atoms with E-state index in [0.717, 1.165) is 42.6 Å². The number of nitrogens with one attached hydrogen (secondary N) is 1. The molecule has 0 bridgehead atoms. The van der Waals surface area contributed by atoms with Gasteiger partial charge in [0.25, 0.3) is 0 Å². The van der Waals surface area contributed by atoms with E-state index in [1.54, 1.807) is 0 Å². The zero-order valence-corrected chi connectivity index (χ0v) is 16.7. The van der Waals surface area contributed by atoms with Gasteiger partial charge in [0.1, 0.15) is 5.82 Å². The van der Waals surface area contributed by atoms with Crippen molar-refractivity contribution in [2.75, 3.05) is 18.4 Å². The van der Waals surface area contributed by atoms with Gasteiger partial charge in [-0.2, -0.15) is 4.31 Å². The van der Waals surface area contributed by atoms with Crippen LogP contribution in [0.1, 0.15) is 31.2 Å². The average molecular weight is 405 g/mol. The number of anilines is 1. The zero-order valence-electron chi connectivity index (χ0n) is 15.9. The fraction of sp³-hybridized carbons (Fsp3) is 0.381. The number of hydrogen-bond donors (Lipinski definition) is 1. The fourth-order valence-electron chi connectivity index (χ4n) is 3.39. The van der Waals surface area contributed by atoms with Crippen molar-refractivity contribution in [2.45, 2.75) is 37.5 Å². The molecule has 1 N–H and O–H groups in total. The number of nitrogens with zero attached hydrogens (tertiary/aromatic N) is 1. The van der Waals surface area contributed by atoms with Crippen LogP contribution in [-0.4, -0.2) is 31.7 Å². The first kappa shape index (κ1) is 20.5. The van der Waals surface area contributed by atoms with Gasteiger partial charge in [-0.3, -0.25) is 4.79 Å². The Morgan fingerprint density at radius 1 is 1.07 bits per heavy atom. The van der Waals surface area contributed by atoms with Crippen LogP contribution in [0.15, 0.2) is 53.4 Å². The quantitative estimate of drug-likeness (QED) is 0.793. The van der Waals surface area contributed by atoms with Gasteiger partial charge in [0.2, 0.25) is 15.9 Å². The maximum atomic E-state index is 13.0. The van der Waals surface area contributed by atoms with Gasteiger partial charge in [0, 0.05) is 25.2 Å². The van der Waals surface area contributed by atoms with Crippen LogP contribution in [0.25, 0.3) is 0 Å². The molecule has 0 saturated carbocycles. The molecular formula is C21H25FN2O3S. The van der Waals surface area contributed by atoms with Crippen LogP contribution in [0.2, 0.25) is 0 Å². The number of benzene rings is 2. The number of piperidine rings is 1. The molecule has 150 valence electrons. The molecule has 0 aromatic heterocycles. The molecule has 0 aliphatic carbocycles. The smallest absolute Gasteiger partial charge is 0.243 e. The molecule has 0 unspecified atom stereocenters. The third-order valence-corrected chi connectivity index (χ3v) is 7.05. The van der Waals surface area contributed by atoms with E-state index in [1.165, 1.54) is 16.4 Å². The molecule has 0 atom stereocenters. The van der Waals surface area contributed by atoms with Gasteiger partial charge in [-0.1, -0.05) is 17.7 Å². The summed E-state index contributed by atoms with van der Waals surface area (Å²) in [4.78, 5) is 12.2. The highest BCUT2D eigenvalue weighted by atomic mass is 32.2. The molecule has 1 fully saturated rings. The highest BCUT2D eigenvalue weighted by Gasteiger charge is 2.29. The SMILES string of the molecule is Cc1ccc(NC(=O)CCC2CCN(S(=O)(=O)c3ccc(F)cc3)CC2)cc1. The fourth-order valence-corrected chi connectivity index (χ4v) is 4.86. The molecular weight excluding hydrogens is 379 g/mol. The van der Waals surface area contributed by atoms with Gasteiger partial charge in [0.15, 0.2) is 0 Å². The Morgan fingerprint density at radius 3 is 2.29 bits per heavy atom. The van der Waals surface area contributed by atoms with Crippen molar-refractivity contribution < 1.29 is 17.6 Å². The van der Waals surface area contributed by atoms with Crippen molar-refractivity contribution in [2.24, 2.45) is 5.92 Å². The van der Waals surface area contributed by atoms with Gasteiger partial charge in [-0.25, -0.2) is 12.8 Å². The van der Waals surface area contributed by atoms with Gasteiger partial charge >= 0.3 is 0 Å². The average Bonchev–Trinajstić information content (AvgIpc) is 2.69. The lowest BCUT2D eigenvalue weighted by molar-refractivity contribution is -0.116. The second kappa shape index (κ2) is 8.84. The Hall–Kier alpha value is -2.25. The summed E-state index contributed by atoms with van der Waals surface area (Å²) in [5, 5.41) is 2.89. The van der Waals surface area contributed by atoms with E-state index in [2.05, 4.69) is 5.32 Å². The van der Waals surface area contributed by atoms with Crippen molar-refractivity contribution in [1.82, 2.24) is 4.31 Å². The number of halogens is 1. The van der Waals surface area contributed by atoms with Crippen LogP contribution in [0.3, 0.4) is 0 Å². The monoisotopic (exact) mass is 404 g/mol. The summed E-state index contributed by atoms with van der Waals surface area (Å²) < 4.78 is 39.8. The molecule has 1 saturated heterocycles. The third kappa shape index (κ3) is 5.17. The molecule has 5 nitrogen and oxygen atoms in total. The Labute approximate surface area is 165 Å². The van der Waals surface area contributed by atoms with Crippen molar-refractivity contribution >= 4 is 21.6 Å². The number of amides is 1. The van der Waals surface area contributed by atoms with Crippen molar-refractivity contribution in [1.29, 1.82) is 0 Å². The topological polar surface area (TPSA) is 66.5 Å². The van der Waals surface area contributed by atoms with Gasteiger partial charge < -0.3 is 5.32 Å². The summed E-state index contributed by atoms with van der Waals surface area (Å²) in [6.45, 7) is 2.84. The van der Waals surface area contributed by atoms with Gasteiger partial charge in [-0.15, -0.1) is 0 Å². The number of carbonyl (C=O) groups excluding carboxylic acids is 1. The Kier molecular flexibility index (Phi) is 6.46. The normalized spacial score (nSPS) is 16.1. The number of carbonyl (C=O) groups is 1. The highest BCUT2D eigenvalue weighted by molar-refractivity contribution is 7.89. The summed E-state index contributed by atoms with van der Waals surface area (Å²) >= 11 is 0. The lowest BCUT2D eigenvalue weighted by atomic mass is 9.93. The first-order chi connectivity index (χ1) is 13.3. The maximum absolute atomic E-state index is 13.0. The van der Waals surface area contributed by atoms with Gasteiger partial charge in [-0.05, 0) is 68.5 Å². The molecule has 1 aliphatic heterocycles. The van der Waals surface area contributed by atoms with Crippen LogP contribution >= 0.6 is 0 Å². The predicted octanol–water partition coefficient (Wildman–Crippen LogP) is 3.95. The first-order valence-electron chi connectivity index (χ1n) is 9.47. The Morgan fingerprint density at radius 2 is 1.68 bits per heavy atom. The molecule has 2 aromatic rings. The van der Waals surface area contributed by atoms with E-state index in [0.29, 0.717) is 25.4 Å². The van der Waals surface area contributed by atoms with Crippen LogP contribution < -0.4 is 5.32 Å². The van der Waals surface area contributed by atoms with E-state index in [-0.39, 0.29) is 10.8 Å². The Balaban J connectivity index is 1.46. The molecule has 1 heterocycles. The van der Waals surface area contributed by atoms with Crippen LogP contribution in [0, 0.1) is 18.7 Å². The molecule has 0 radical (unpaired) electrons. The molecule has 7 heteroatoms. The van der Waals surface area contributed by atoms with Crippen molar-refractivity contribution in [3.63, 3.8) is 0 Å². The minimum atomic E-state index is -3.59. The predicted molar refractivity (Wildman–Crippen MR) is 107 cm³/mol. The van der Waals surface area contributed by atoms with Crippen molar-refractivity contribution in [3.8, 4) is 0 Å². The van der Waals surface area contributed by atoms with Gasteiger partial charge in [0.05, 0.1) is 4.90 Å². The number of aryl methyl sites for hydroxylation is 1. The van der Waals surface area contributed by atoms with Crippen LogP contribution in [0.4, 0.5) is 10.1 Å². The van der Waals surface area contributed by atoms with E-state index in [9.17, 15) is 17.6 Å². The summed E-state index contributed by atoms with van der Waals surface area (Å²) in [7, 11) is -3.59. The Bertz CT molecular complexity index is 904. The van der Waals surface area contributed by atoms with Crippen molar-refractivity contribution in [3.05, 3.63) is 59.9 Å². The lowest BCUT2D eigenvalue weighted by Crippen LogP contribution is -2.38. The maximum Gasteiger partial charge on any atom is 0.243 e. The standard InChI is InChI=1S/C21H25FN2O3S/c1-16-2-7-19(8-3-16)23-21(25)11-4-17-12-14-24(15-13-17)28(26,27)20-9-5-18(22)6-10-20/h2-3,5-10,17H,4,11-15H2,1H3,(H,23,25). The second-order valence-electron chi connectivity index (χ2n) is 7.25. The zero-order chi connectivity index (χ0) is 20.1. The number of rotatable bonds is 6. The van der Waals surface area contributed by atoms with Crippen LogP contribution in [0.5, 0.6) is 0 Å². The number of hydrogen-bond acceptors (Lipinski definition) is 3. The lowest BCUT2D eigenvalue weighted by Gasteiger charge is -2.31. The minimum Gasteiger partial charge on any atom is -0.326 e. The van der Waals surface area contributed by atoms with E-state index < -0.39 is 15.8 Å². The highest BCUT2D eigenvalue weighted by Crippen LogP contribution is 2.26. The molecule has 2 aromatic carbocycles. The minimum absolute atomic E-state index is 0.0229. The summed E-state index contributed by atoms with van der Waals surface area (Å²) in [6, 6.07) is 12.6. The first-order valence-corrected chi connectivity index (χ1v) is 10.9. The van der Waals surface area contributed by atoms with Crippen LogP contribution in [-0.2, 0) is 14.8 Å². The summed E-state index contributed by atoms with van der Waals surface area (Å²) in [5.74, 6) is -0.157. The second-order valence-corrected chi connectivity index (χ2v) is 9.19. The largest absolute Gasteiger partial charge is 0.326 e. The number of sulfonamides is 1. The molecule has 3 rings (SSSR count). The van der Waals surface area contributed by atoms with E-state index in [1.807, 2.05) is 31.2 Å². The molecule has 1 aliphatic rings. The summed E-state index contributed by atoms with van der Waals surface area (Å²) in [5.41, 5.74) is 1.93. The molecule has 28 heavy (non-hydrogen) atoms. The van der Waals surface area contributed by atoms with E-state index >= 15 is 0 Å². The van der Waals surface area contributed by atoms with E-state index in [4.69, 9.17) is 0 Å².